The molecule has 1 unspecified atom stereocenters. The van der Waals surface area contributed by atoms with E-state index >= 15 is 0 Å². The predicted molar refractivity (Wildman–Crippen MR) is 61.1 cm³/mol. The minimum atomic E-state index is -0.828. The highest BCUT2D eigenvalue weighted by atomic mass is 16.5. The third-order valence-corrected chi connectivity index (χ3v) is 2.05. The van der Waals surface area contributed by atoms with Crippen LogP contribution in [0.4, 0.5) is 0 Å². The minimum Gasteiger partial charge on any atom is -0.491 e. The van der Waals surface area contributed by atoms with E-state index in [1.54, 1.807) is 6.92 Å². The molecule has 15 heavy (non-hydrogen) atoms. The number of rotatable bonds is 6. The van der Waals surface area contributed by atoms with Crippen LogP contribution in [0.5, 0.6) is 5.75 Å². The van der Waals surface area contributed by atoms with Crippen LogP contribution in [0.2, 0.25) is 0 Å². The van der Waals surface area contributed by atoms with E-state index in [1.807, 2.05) is 37.3 Å². The molecule has 0 amide bonds. The number of nitrogens with one attached hydrogen (secondary N) is 1. The standard InChI is InChI=1S/C12H19NO2/c1-3-13-9-12(2,14)10-15-11-7-5-4-6-8-11/h4-8,13-14H,3,9-10H2,1-2H3. The summed E-state index contributed by atoms with van der Waals surface area (Å²) in [6.45, 7) is 5.45. The summed E-state index contributed by atoms with van der Waals surface area (Å²) in [6.07, 6.45) is 0. The first-order valence-electron chi connectivity index (χ1n) is 5.25. The van der Waals surface area contributed by atoms with Crippen LogP contribution < -0.4 is 10.1 Å². The second-order valence-corrected chi connectivity index (χ2v) is 3.88. The summed E-state index contributed by atoms with van der Waals surface area (Å²) in [6, 6.07) is 9.51. The zero-order chi connectivity index (χ0) is 11.1. The number of benzene rings is 1. The number of hydrogen-bond acceptors (Lipinski definition) is 3. The van der Waals surface area contributed by atoms with Crippen molar-refractivity contribution in [2.24, 2.45) is 0 Å². The Hall–Kier alpha value is -1.06. The van der Waals surface area contributed by atoms with Crippen LogP contribution in [0.3, 0.4) is 0 Å². The van der Waals surface area contributed by atoms with Gasteiger partial charge in [-0.2, -0.15) is 0 Å². The van der Waals surface area contributed by atoms with Crippen LogP contribution in [-0.4, -0.2) is 30.4 Å². The highest BCUT2D eigenvalue weighted by Crippen LogP contribution is 2.11. The molecule has 1 aromatic rings. The van der Waals surface area contributed by atoms with Gasteiger partial charge >= 0.3 is 0 Å². The van der Waals surface area contributed by atoms with E-state index in [4.69, 9.17) is 4.74 Å². The first-order chi connectivity index (χ1) is 7.14. The maximum Gasteiger partial charge on any atom is 0.119 e. The molecule has 0 aliphatic carbocycles. The lowest BCUT2D eigenvalue weighted by atomic mass is 10.1. The summed E-state index contributed by atoms with van der Waals surface area (Å²) in [4.78, 5) is 0. The molecule has 0 radical (unpaired) electrons. The van der Waals surface area contributed by atoms with Crippen molar-refractivity contribution in [1.29, 1.82) is 0 Å². The van der Waals surface area contributed by atoms with Crippen molar-refractivity contribution >= 4 is 0 Å². The number of aliphatic hydroxyl groups is 1. The maximum absolute atomic E-state index is 9.92. The highest BCUT2D eigenvalue weighted by molar-refractivity contribution is 5.21. The highest BCUT2D eigenvalue weighted by Gasteiger charge is 2.20. The molecule has 0 fully saturated rings. The first-order valence-corrected chi connectivity index (χ1v) is 5.25. The van der Waals surface area contributed by atoms with Gasteiger partial charge in [-0.15, -0.1) is 0 Å². The van der Waals surface area contributed by atoms with Gasteiger partial charge in [0.05, 0.1) is 0 Å². The lowest BCUT2D eigenvalue weighted by Gasteiger charge is -2.23. The Kier molecular flexibility index (Phi) is 4.59. The Balaban J connectivity index is 2.35. The third kappa shape index (κ3) is 4.81. The fraction of sp³-hybridized carbons (Fsp3) is 0.500. The Labute approximate surface area is 91.1 Å². The molecule has 0 heterocycles. The Bertz CT molecular complexity index is 272. The molecule has 0 aromatic heterocycles. The molecule has 1 rings (SSSR count). The molecule has 3 nitrogen and oxygen atoms in total. The van der Waals surface area contributed by atoms with Gasteiger partial charge < -0.3 is 15.2 Å². The quantitative estimate of drug-likeness (QED) is 0.744. The molecule has 84 valence electrons. The van der Waals surface area contributed by atoms with Crippen LogP contribution in [0.1, 0.15) is 13.8 Å². The summed E-state index contributed by atoms with van der Waals surface area (Å²) in [5, 5.41) is 13.0. The van der Waals surface area contributed by atoms with Crippen molar-refractivity contribution in [1.82, 2.24) is 5.32 Å². The van der Waals surface area contributed by atoms with Gasteiger partial charge in [0.15, 0.2) is 0 Å². The normalized spacial score (nSPS) is 14.6. The number of likely N-dealkylation sites (N-methyl/N-ethyl adjacent to an activating group) is 1. The van der Waals surface area contributed by atoms with Gasteiger partial charge in [-0.3, -0.25) is 0 Å². The monoisotopic (exact) mass is 209 g/mol. The molecular weight excluding hydrogens is 190 g/mol. The third-order valence-electron chi connectivity index (χ3n) is 2.05. The lowest BCUT2D eigenvalue weighted by molar-refractivity contribution is 0.0127. The fourth-order valence-corrected chi connectivity index (χ4v) is 1.20. The maximum atomic E-state index is 9.92. The molecule has 0 bridgehead atoms. The van der Waals surface area contributed by atoms with Crippen LogP contribution in [0.25, 0.3) is 0 Å². The zero-order valence-electron chi connectivity index (χ0n) is 9.36. The lowest BCUT2D eigenvalue weighted by Crippen LogP contribution is -2.42. The van der Waals surface area contributed by atoms with Gasteiger partial charge in [-0.25, -0.2) is 0 Å². The Morgan fingerprint density at radius 3 is 2.60 bits per heavy atom. The van der Waals surface area contributed by atoms with E-state index in [0.717, 1.165) is 12.3 Å². The van der Waals surface area contributed by atoms with Gasteiger partial charge in [0, 0.05) is 6.54 Å². The molecule has 1 atom stereocenters. The molecule has 2 N–H and O–H groups in total. The van der Waals surface area contributed by atoms with Crippen LogP contribution in [-0.2, 0) is 0 Å². The molecule has 0 aliphatic heterocycles. The molecular formula is C12H19NO2. The van der Waals surface area contributed by atoms with E-state index < -0.39 is 5.60 Å². The van der Waals surface area contributed by atoms with Crippen molar-refractivity contribution in [3.05, 3.63) is 30.3 Å². The summed E-state index contributed by atoms with van der Waals surface area (Å²) < 4.78 is 5.48. The van der Waals surface area contributed by atoms with Gasteiger partial charge in [0.2, 0.25) is 0 Å². The van der Waals surface area contributed by atoms with E-state index in [-0.39, 0.29) is 0 Å². The topological polar surface area (TPSA) is 41.5 Å². The van der Waals surface area contributed by atoms with Crippen LogP contribution in [0, 0.1) is 0 Å². The number of para-hydroxylation sites is 1. The summed E-state index contributed by atoms with van der Waals surface area (Å²) in [5.41, 5.74) is -0.828. The van der Waals surface area contributed by atoms with E-state index in [1.165, 1.54) is 0 Å². The van der Waals surface area contributed by atoms with Crippen molar-refractivity contribution in [3.63, 3.8) is 0 Å². The molecule has 0 saturated carbocycles. The van der Waals surface area contributed by atoms with Crippen LogP contribution >= 0.6 is 0 Å². The second-order valence-electron chi connectivity index (χ2n) is 3.88. The van der Waals surface area contributed by atoms with Gasteiger partial charge in [0.25, 0.3) is 0 Å². The van der Waals surface area contributed by atoms with Crippen molar-refractivity contribution in [3.8, 4) is 5.75 Å². The minimum absolute atomic E-state index is 0.296. The van der Waals surface area contributed by atoms with Crippen molar-refractivity contribution < 1.29 is 9.84 Å². The number of hydrogen-bond donors (Lipinski definition) is 2. The summed E-state index contributed by atoms with van der Waals surface area (Å²) in [5.74, 6) is 0.786. The van der Waals surface area contributed by atoms with Gasteiger partial charge in [0.1, 0.15) is 18.0 Å². The van der Waals surface area contributed by atoms with Crippen LogP contribution in [0.15, 0.2) is 30.3 Å². The second kappa shape index (κ2) is 5.73. The SMILES string of the molecule is CCNCC(C)(O)COc1ccccc1. The predicted octanol–water partition coefficient (Wildman–Crippen LogP) is 1.43. The zero-order valence-corrected chi connectivity index (χ0v) is 9.36. The van der Waals surface area contributed by atoms with E-state index in [2.05, 4.69) is 5.32 Å². The smallest absolute Gasteiger partial charge is 0.119 e. The van der Waals surface area contributed by atoms with Gasteiger partial charge in [-0.05, 0) is 25.6 Å². The Morgan fingerprint density at radius 1 is 1.33 bits per heavy atom. The first kappa shape index (κ1) is 12.0. The van der Waals surface area contributed by atoms with Crippen molar-refractivity contribution in [2.75, 3.05) is 19.7 Å². The molecule has 0 spiro atoms. The molecule has 1 aromatic carbocycles. The van der Waals surface area contributed by atoms with Gasteiger partial charge in [-0.1, -0.05) is 25.1 Å². The molecule has 0 aliphatic rings. The van der Waals surface area contributed by atoms with E-state index in [0.29, 0.717) is 13.2 Å². The summed E-state index contributed by atoms with van der Waals surface area (Å²) in [7, 11) is 0. The average molecular weight is 209 g/mol. The largest absolute Gasteiger partial charge is 0.491 e. The van der Waals surface area contributed by atoms with Crippen molar-refractivity contribution in [2.45, 2.75) is 19.4 Å². The number of ether oxygens (including phenoxy) is 1. The average Bonchev–Trinajstić information content (AvgIpc) is 2.25. The Morgan fingerprint density at radius 2 is 2.00 bits per heavy atom. The fourth-order valence-electron chi connectivity index (χ4n) is 1.20. The van der Waals surface area contributed by atoms with E-state index in [9.17, 15) is 5.11 Å². The summed E-state index contributed by atoms with van der Waals surface area (Å²) >= 11 is 0. The molecule has 3 heteroatoms. The molecule has 0 saturated heterocycles.